The molecule has 0 aromatic carbocycles. The van der Waals surface area contributed by atoms with Crippen molar-refractivity contribution < 1.29 is 14.3 Å². The van der Waals surface area contributed by atoms with Crippen molar-refractivity contribution in [2.45, 2.75) is 58.0 Å². The zero-order valence-electron chi connectivity index (χ0n) is 17.1. The second-order valence-corrected chi connectivity index (χ2v) is 7.99. The monoisotopic (exact) mass is 389 g/mol. The first-order chi connectivity index (χ1) is 13.5. The number of amides is 2. The third-order valence-electron chi connectivity index (χ3n) is 5.74. The van der Waals surface area contributed by atoms with Gasteiger partial charge in [0.05, 0.1) is 25.5 Å². The quantitative estimate of drug-likeness (QED) is 0.796. The average Bonchev–Trinajstić information content (AvgIpc) is 2.73. The zero-order chi connectivity index (χ0) is 20.1. The van der Waals surface area contributed by atoms with Crippen LogP contribution < -0.4 is 10.2 Å². The second kappa shape index (κ2) is 9.21. The van der Waals surface area contributed by atoms with Crippen LogP contribution in [-0.2, 0) is 4.74 Å². The van der Waals surface area contributed by atoms with E-state index in [1.165, 1.54) is 32.6 Å². The Morgan fingerprint density at radius 3 is 2.50 bits per heavy atom. The fraction of sp³-hybridized carbons (Fsp3) is 0.700. The van der Waals surface area contributed by atoms with Gasteiger partial charge in [-0.15, -0.1) is 0 Å². The van der Waals surface area contributed by atoms with Gasteiger partial charge in [0, 0.05) is 25.7 Å². The predicted octanol–water partition coefficient (Wildman–Crippen LogP) is 2.45. The lowest BCUT2D eigenvalue weighted by Crippen LogP contribution is -2.60. The van der Waals surface area contributed by atoms with E-state index in [0.717, 1.165) is 12.8 Å². The Morgan fingerprint density at radius 2 is 1.89 bits per heavy atom. The minimum Gasteiger partial charge on any atom is -0.464 e. The Labute approximate surface area is 166 Å². The number of carbonyl (C=O) groups is 2. The van der Waals surface area contributed by atoms with Crippen LogP contribution in [0.4, 0.5) is 10.6 Å². The molecule has 8 nitrogen and oxygen atoms in total. The summed E-state index contributed by atoms with van der Waals surface area (Å²) in [7, 11) is 1.32. The van der Waals surface area contributed by atoms with Crippen LogP contribution >= 0.6 is 0 Å². The molecule has 0 spiro atoms. The molecular weight excluding hydrogens is 358 g/mol. The Balaban J connectivity index is 1.65. The fourth-order valence-corrected chi connectivity index (χ4v) is 4.04. The van der Waals surface area contributed by atoms with Gasteiger partial charge >= 0.3 is 12.0 Å². The highest BCUT2D eigenvalue weighted by molar-refractivity contribution is 5.86. The second-order valence-electron chi connectivity index (χ2n) is 7.99. The van der Waals surface area contributed by atoms with Crippen LogP contribution in [0.15, 0.2) is 12.4 Å². The summed E-state index contributed by atoms with van der Waals surface area (Å²) in [4.78, 5) is 37.1. The Hall–Kier alpha value is -2.38. The molecule has 1 aromatic rings. The smallest absolute Gasteiger partial charge is 0.358 e. The number of hydrogen-bond donors (Lipinski definition) is 1. The normalized spacial score (nSPS) is 20.9. The molecule has 1 saturated carbocycles. The van der Waals surface area contributed by atoms with Crippen molar-refractivity contribution >= 4 is 17.8 Å². The van der Waals surface area contributed by atoms with Crippen molar-refractivity contribution in [2.75, 3.05) is 31.6 Å². The number of hydrogen-bond acceptors (Lipinski definition) is 6. The molecule has 3 rings (SSSR count). The number of urea groups is 1. The Morgan fingerprint density at radius 1 is 1.14 bits per heavy atom. The first kappa shape index (κ1) is 20.4. The lowest BCUT2D eigenvalue weighted by Gasteiger charge is -2.44. The van der Waals surface area contributed by atoms with Crippen LogP contribution in [-0.4, -0.2) is 65.7 Å². The van der Waals surface area contributed by atoms with E-state index in [4.69, 9.17) is 0 Å². The van der Waals surface area contributed by atoms with Crippen molar-refractivity contribution in [2.24, 2.45) is 5.92 Å². The van der Waals surface area contributed by atoms with Crippen molar-refractivity contribution in [3.8, 4) is 0 Å². The SMILES string of the molecule is COC(=O)c1cnc(N2CCN(C(=O)NC3CCCCC3)C(C(C)C)C2)cn1. The molecule has 1 unspecified atom stereocenters. The van der Waals surface area contributed by atoms with Gasteiger partial charge in [0.15, 0.2) is 5.69 Å². The first-order valence-electron chi connectivity index (χ1n) is 10.2. The standard InChI is InChI=1S/C20H31N5O3/c1-14(2)17-13-24(18-12-21-16(11-22-18)19(26)28-3)9-10-25(17)20(27)23-15-7-5-4-6-8-15/h11-12,14-15,17H,4-10,13H2,1-3H3,(H,23,27). The molecule has 28 heavy (non-hydrogen) atoms. The number of carbonyl (C=O) groups excluding carboxylic acids is 2. The topological polar surface area (TPSA) is 87.7 Å². The van der Waals surface area contributed by atoms with E-state index < -0.39 is 5.97 Å². The van der Waals surface area contributed by atoms with Crippen LogP contribution in [0, 0.1) is 5.92 Å². The van der Waals surface area contributed by atoms with Crippen LogP contribution in [0.25, 0.3) is 0 Å². The predicted molar refractivity (Wildman–Crippen MR) is 106 cm³/mol. The molecule has 1 aliphatic heterocycles. The molecular formula is C20H31N5O3. The molecule has 1 saturated heterocycles. The van der Waals surface area contributed by atoms with Crippen LogP contribution in [0.2, 0.25) is 0 Å². The van der Waals surface area contributed by atoms with Crippen molar-refractivity contribution in [3.05, 3.63) is 18.1 Å². The molecule has 0 radical (unpaired) electrons. The van der Waals surface area contributed by atoms with Gasteiger partial charge in [0.2, 0.25) is 0 Å². The Bertz CT molecular complexity index is 673. The first-order valence-corrected chi connectivity index (χ1v) is 10.2. The summed E-state index contributed by atoms with van der Waals surface area (Å²) in [5.41, 5.74) is 0.192. The van der Waals surface area contributed by atoms with Crippen molar-refractivity contribution in [1.29, 1.82) is 0 Å². The number of nitrogens with one attached hydrogen (secondary N) is 1. The van der Waals surface area contributed by atoms with E-state index in [9.17, 15) is 9.59 Å². The fourth-order valence-electron chi connectivity index (χ4n) is 4.04. The van der Waals surface area contributed by atoms with E-state index in [2.05, 4.69) is 38.8 Å². The molecule has 2 heterocycles. The van der Waals surface area contributed by atoms with Gasteiger partial charge in [-0.25, -0.2) is 19.6 Å². The summed E-state index contributed by atoms with van der Waals surface area (Å²) < 4.78 is 4.67. The van der Waals surface area contributed by atoms with E-state index >= 15 is 0 Å². The maximum absolute atomic E-state index is 12.9. The maximum Gasteiger partial charge on any atom is 0.358 e. The summed E-state index contributed by atoms with van der Waals surface area (Å²) >= 11 is 0. The molecule has 2 amide bonds. The number of anilines is 1. The van der Waals surface area contributed by atoms with Crippen molar-refractivity contribution in [1.82, 2.24) is 20.2 Å². The van der Waals surface area contributed by atoms with Crippen LogP contribution in [0.1, 0.15) is 56.4 Å². The minimum atomic E-state index is -0.497. The van der Waals surface area contributed by atoms with Gasteiger partial charge < -0.3 is 19.9 Å². The molecule has 154 valence electrons. The molecule has 1 aliphatic carbocycles. The molecule has 1 N–H and O–H groups in total. The number of rotatable bonds is 4. The van der Waals surface area contributed by atoms with Gasteiger partial charge in [-0.3, -0.25) is 0 Å². The van der Waals surface area contributed by atoms with E-state index in [1.807, 2.05) is 4.90 Å². The third kappa shape index (κ3) is 4.72. The van der Waals surface area contributed by atoms with Gasteiger partial charge in [-0.05, 0) is 18.8 Å². The number of ether oxygens (including phenoxy) is 1. The molecule has 1 atom stereocenters. The molecule has 8 heteroatoms. The number of aromatic nitrogens is 2. The number of piperazine rings is 1. The van der Waals surface area contributed by atoms with E-state index in [0.29, 0.717) is 37.4 Å². The van der Waals surface area contributed by atoms with Crippen LogP contribution in [0.3, 0.4) is 0 Å². The average molecular weight is 390 g/mol. The van der Waals surface area contributed by atoms with Crippen LogP contribution in [0.5, 0.6) is 0 Å². The van der Waals surface area contributed by atoms with Gasteiger partial charge in [-0.2, -0.15) is 0 Å². The molecule has 0 bridgehead atoms. The molecule has 2 aliphatic rings. The highest BCUT2D eigenvalue weighted by Gasteiger charge is 2.34. The summed E-state index contributed by atoms with van der Waals surface area (Å²) in [6, 6.07) is 0.459. The van der Waals surface area contributed by atoms with E-state index in [-0.39, 0.29) is 17.8 Å². The lowest BCUT2D eigenvalue weighted by atomic mass is 9.95. The summed E-state index contributed by atoms with van der Waals surface area (Å²) in [5.74, 6) is 0.538. The van der Waals surface area contributed by atoms with Gasteiger partial charge in [0.25, 0.3) is 0 Å². The summed E-state index contributed by atoms with van der Waals surface area (Å²) in [6.07, 6.45) is 8.88. The maximum atomic E-state index is 12.9. The third-order valence-corrected chi connectivity index (χ3v) is 5.74. The van der Waals surface area contributed by atoms with E-state index in [1.54, 1.807) is 6.20 Å². The highest BCUT2D eigenvalue weighted by atomic mass is 16.5. The van der Waals surface area contributed by atoms with Crippen molar-refractivity contribution in [3.63, 3.8) is 0 Å². The highest BCUT2D eigenvalue weighted by Crippen LogP contribution is 2.23. The zero-order valence-corrected chi connectivity index (χ0v) is 17.1. The summed E-state index contributed by atoms with van der Waals surface area (Å²) in [6.45, 7) is 6.31. The van der Waals surface area contributed by atoms with Gasteiger partial charge in [0.1, 0.15) is 5.82 Å². The number of nitrogens with zero attached hydrogens (tertiary/aromatic N) is 4. The number of methoxy groups -OCH3 is 1. The molecule has 2 fully saturated rings. The summed E-state index contributed by atoms with van der Waals surface area (Å²) in [5, 5.41) is 3.24. The number of esters is 1. The molecule has 1 aromatic heterocycles. The Kier molecular flexibility index (Phi) is 6.70. The largest absolute Gasteiger partial charge is 0.464 e. The van der Waals surface area contributed by atoms with Gasteiger partial charge in [-0.1, -0.05) is 33.1 Å². The lowest BCUT2D eigenvalue weighted by molar-refractivity contribution is 0.0593. The minimum absolute atomic E-state index is 0.0531.